The molecule has 0 saturated carbocycles. The van der Waals surface area contributed by atoms with Crippen LogP contribution in [0.15, 0.2) is 12.7 Å². The highest BCUT2D eigenvalue weighted by Crippen LogP contribution is 2.23. The van der Waals surface area contributed by atoms with E-state index in [0.29, 0.717) is 0 Å². The first kappa shape index (κ1) is 9.05. The highest BCUT2D eigenvalue weighted by molar-refractivity contribution is 7.99. The minimum Gasteiger partial charge on any atom is -0.317 e. The van der Waals surface area contributed by atoms with Gasteiger partial charge in [-0.1, -0.05) is 13.0 Å². The van der Waals surface area contributed by atoms with Gasteiger partial charge in [-0.2, -0.15) is 0 Å². The fourth-order valence-electron chi connectivity index (χ4n) is 0.616. The molecule has 0 rings (SSSR count). The summed E-state index contributed by atoms with van der Waals surface area (Å²) in [6.07, 6.45) is 5.80. The average molecular weight is 145 g/mol. The van der Waals surface area contributed by atoms with Crippen LogP contribution in [0.2, 0.25) is 0 Å². The molecular weight excluding hydrogens is 130 g/mol. The Morgan fingerprint density at radius 3 is 2.44 bits per heavy atom. The second kappa shape index (κ2) is 3.96. The van der Waals surface area contributed by atoms with Crippen molar-refractivity contribution in [3.63, 3.8) is 0 Å². The fraction of sp³-hybridized carbons (Fsp3) is 0.714. The van der Waals surface area contributed by atoms with Crippen molar-refractivity contribution in [2.75, 3.05) is 6.26 Å². The van der Waals surface area contributed by atoms with E-state index in [1.807, 2.05) is 12.3 Å². The molecule has 0 saturated heterocycles. The molecule has 1 nitrogen and oxygen atoms in total. The lowest BCUT2D eigenvalue weighted by Gasteiger charge is -2.23. The van der Waals surface area contributed by atoms with Gasteiger partial charge in [-0.15, -0.1) is 18.3 Å². The van der Waals surface area contributed by atoms with Crippen LogP contribution in [-0.4, -0.2) is 11.1 Å². The lowest BCUT2D eigenvalue weighted by atomic mass is 10.1. The van der Waals surface area contributed by atoms with E-state index in [2.05, 4.69) is 13.5 Å². The first-order valence-corrected chi connectivity index (χ1v) is 4.36. The van der Waals surface area contributed by atoms with Crippen LogP contribution in [0.3, 0.4) is 0 Å². The van der Waals surface area contributed by atoms with Crippen molar-refractivity contribution in [1.82, 2.24) is 0 Å². The van der Waals surface area contributed by atoms with Crippen molar-refractivity contribution in [2.45, 2.75) is 24.6 Å². The summed E-state index contributed by atoms with van der Waals surface area (Å²) in [6, 6.07) is 0. The van der Waals surface area contributed by atoms with Crippen LogP contribution in [0, 0.1) is 0 Å². The van der Waals surface area contributed by atoms with Gasteiger partial charge in [0.1, 0.15) is 0 Å². The second-order valence-corrected chi connectivity index (χ2v) is 3.34. The number of nitrogens with two attached hydrogens (primary N) is 1. The molecule has 9 heavy (non-hydrogen) atoms. The van der Waals surface area contributed by atoms with Crippen LogP contribution in [0.5, 0.6) is 0 Å². The Hall–Kier alpha value is 0.0500. The zero-order valence-electron chi connectivity index (χ0n) is 6.18. The predicted octanol–water partition coefficient (Wildman–Crippen LogP) is 1.99. The first-order chi connectivity index (χ1) is 4.18. The Bertz CT molecular complexity index is 86.9. The van der Waals surface area contributed by atoms with E-state index in [9.17, 15) is 0 Å². The van der Waals surface area contributed by atoms with Gasteiger partial charge in [0.15, 0.2) is 0 Å². The molecule has 0 aliphatic heterocycles. The van der Waals surface area contributed by atoms with Gasteiger partial charge in [-0.05, 0) is 19.1 Å². The normalized spacial score (nSPS) is 16.8. The summed E-state index contributed by atoms with van der Waals surface area (Å²) >= 11 is 1.70. The minimum absolute atomic E-state index is 0.0677. The highest BCUT2D eigenvalue weighted by Gasteiger charge is 2.17. The van der Waals surface area contributed by atoms with Gasteiger partial charge in [-0.25, -0.2) is 0 Å². The van der Waals surface area contributed by atoms with E-state index in [1.165, 1.54) is 0 Å². The van der Waals surface area contributed by atoms with E-state index >= 15 is 0 Å². The van der Waals surface area contributed by atoms with Gasteiger partial charge in [0, 0.05) is 0 Å². The Kier molecular flexibility index (Phi) is 3.98. The SMILES string of the molecule is C=CC[C@](N)(CC)SC. The first-order valence-electron chi connectivity index (χ1n) is 3.13. The summed E-state index contributed by atoms with van der Waals surface area (Å²) in [5, 5.41) is 0. The van der Waals surface area contributed by atoms with Crippen LogP contribution in [0.1, 0.15) is 19.8 Å². The summed E-state index contributed by atoms with van der Waals surface area (Å²) in [4.78, 5) is -0.0677. The third kappa shape index (κ3) is 2.92. The smallest absolute Gasteiger partial charge is 0.0649 e. The van der Waals surface area contributed by atoms with Crippen LogP contribution in [-0.2, 0) is 0 Å². The lowest BCUT2D eigenvalue weighted by molar-refractivity contribution is 0.601. The molecule has 2 N–H and O–H groups in total. The number of hydrogen-bond acceptors (Lipinski definition) is 2. The maximum atomic E-state index is 5.90. The standard InChI is InChI=1S/C7H15NS/c1-4-6-7(8,5-2)9-3/h4H,1,5-6,8H2,2-3H3/t7-/m0/s1. The molecule has 1 atom stereocenters. The van der Waals surface area contributed by atoms with Gasteiger partial charge < -0.3 is 5.73 Å². The van der Waals surface area contributed by atoms with E-state index in [1.54, 1.807) is 11.8 Å². The second-order valence-electron chi connectivity index (χ2n) is 2.12. The summed E-state index contributed by atoms with van der Waals surface area (Å²) in [5.74, 6) is 0. The van der Waals surface area contributed by atoms with Crippen molar-refractivity contribution in [3.8, 4) is 0 Å². The molecule has 0 spiro atoms. The summed E-state index contributed by atoms with van der Waals surface area (Å²) in [7, 11) is 0. The van der Waals surface area contributed by atoms with Crippen molar-refractivity contribution in [3.05, 3.63) is 12.7 Å². The van der Waals surface area contributed by atoms with Gasteiger partial charge in [-0.3, -0.25) is 0 Å². The maximum absolute atomic E-state index is 5.90. The minimum atomic E-state index is -0.0677. The summed E-state index contributed by atoms with van der Waals surface area (Å²) in [6.45, 7) is 5.75. The molecular formula is C7H15NS. The lowest BCUT2D eigenvalue weighted by Crippen LogP contribution is -2.33. The number of rotatable bonds is 4. The molecule has 0 fully saturated rings. The van der Waals surface area contributed by atoms with Gasteiger partial charge in [0.25, 0.3) is 0 Å². The number of thioether (sulfide) groups is 1. The average Bonchev–Trinajstić information content (AvgIpc) is 1.89. The monoisotopic (exact) mass is 145 g/mol. The zero-order valence-corrected chi connectivity index (χ0v) is 7.00. The van der Waals surface area contributed by atoms with E-state index in [-0.39, 0.29) is 4.87 Å². The Balaban J connectivity index is 3.75. The molecule has 0 aromatic rings. The molecule has 0 aliphatic rings. The molecule has 0 amide bonds. The fourth-order valence-corrected chi connectivity index (χ4v) is 1.19. The van der Waals surface area contributed by atoms with E-state index in [4.69, 9.17) is 5.73 Å². The van der Waals surface area contributed by atoms with Gasteiger partial charge >= 0.3 is 0 Å². The highest BCUT2D eigenvalue weighted by atomic mass is 32.2. The topological polar surface area (TPSA) is 26.0 Å². The molecule has 0 radical (unpaired) electrons. The molecule has 0 unspecified atom stereocenters. The predicted molar refractivity (Wildman–Crippen MR) is 45.5 cm³/mol. The van der Waals surface area contributed by atoms with Crippen LogP contribution >= 0.6 is 11.8 Å². The third-order valence-corrected chi connectivity index (χ3v) is 2.76. The molecule has 0 heterocycles. The maximum Gasteiger partial charge on any atom is 0.0649 e. The molecule has 2 heteroatoms. The van der Waals surface area contributed by atoms with E-state index in [0.717, 1.165) is 12.8 Å². The molecule has 0 aromatic heterocycles. The van der Waals surface area contributed by atoms with Crippen LogP contribution in [0.25, 0.3) is 0 Å². The number of hydrogen-bond donors (Lipinski definition) is 1. The summed E-state index contributed by atoms with van der Waals surface area (Å²) in [5.41, 5.74) is 5.90. The quantitative estimate of drug-likeness (QED) is 0.483. The van der Waals surface area contributed by atoms with Gasteiger partial charge in [0.05, 0.1) is 4.87 Å². The molecule has 54 valence electrons. The molecule has 0 aromatic carbocycles. The van der Waals surface area contributed by atoms with E-state index < -0.39 is 0 Å². The zero-order chi connectivity index (χ0) is 7.33. The van der Waals surface area contributed by atoms with Crippen molar-refractivity contribution < 1.29 is 0 Å². The third-order valence-electron chi connectivity index (χ3n) is 1.49. The summed E-state index contributed by atoms with van der Waals surface area (Å²) < 4.78 is 0. The van der Waals surface area contributed by atoms with Crippen molar-refractivity contribution >= 4 is 11.8 Å². The Labute approximate surface area is 61.7 Å². The molecule has 0 aliphatic carbocycles. The molecule has 0 bridgehead atoms. The van der Waals surface area contributed by atoms with Gasteiger partial charge in [0.2, 0.25) is 0 Å². The van der Waals surface area contributed by atoms with Crippen LogP contribution in [0.4, 0.5) is 0 Å². The Morgan fingerprint density at radius 1 is 1.78 bits per heavy atom. The van der Waals surface area contributed by atoms with Crippen molar-refractivity contribution in [2.24, 2.45) is 5.73 Å². The van der Waals surface area contributed by atoms with Crippen LogP contribution < -0.4 is 5.73 Å². The van der Waals surface area contributed by atoms with Crippen molar-refractivity contribution in [1.29, 1.82) is 0 Å². The largest absolute Gasteiger partial charge is 0.317 e. The Morgan fingerprint density at radius 2 is 2.33 bits per heavy atom.